The Morgan fingerprint density at radius 1 is 1.08 bits per heavy atom. The van der Waals surface area contributed by atoms with Crippen LogP contribution in [0.5, 0.6) is 11.5 Å². The molecule has 0 radical (unpaired) electrons. The first kappa shape index (κ1) is 19.8. The Bertz CT molecular complexity index is 740. The highest BCUT2D eigenvalue weighted by molar-refractivity contribution is 5.81. The van der Waals surface area contributed by atoms with Crippen LogP contribution in [0.2, 0.25) is 0 Å². The van der Waals surface area contributed by atoms with E-state index in [1.165, 1.54) is 5.56 Å². The van der Waals surface area contributed by atoms with Gasteiger partial charge in [0.2, 0.25) is 0 Å². The fraction of sp³-hybridized carbons (Fsp3) is 0.409. The maximum absolute atomic E-state index is 12.5. The first-order chi connectivity index (χ1) is 12.4. The smallest absolute Gasteiger partial charge is 0.261 e. The van der Waals surface area contributed by atoms with Crippen molar-refractivity contribution in [2.75, 3.05) is 0 Å². The summed E-state index contributed by atoms with van der Waals surface area (Å²) in [5.74, 6) is 1.46. The third-order valence-corrected chi connectivity index (χ3v) is 4.00. The molecule has 0 saturated heterocycles. The van der Waals surface area contributed by atoms with Gasteiger partial charge in [0.15, 0.2) is 6.10 Å². The number of amides is 1. The first-order valence-corrected chi connectivity index (χ1v) is 9.16. The molecule has 0 aliphatic heterocycles. The number of aryl methyl sites for hydroxylation is 2. The van der Waals surface area contributed by atoms with Crippen LogP contribution in [-0.2, 0) is 11.3 Å². The molecule has 0 aliphatic rings. The van der Waals surface area contributed by atoms with Gasteiger partial charge in [-0.05, 0) is 63.4 Å². The van der Waals surface area contributed by atoms with Crippen molar-refractivity contribution in [1.82, 2.24) is 5.32 Å². The molecule has 0 aromatic heterocycles. The lowest BCUT2D eigenvalue weighted by Gasteiger charge is -2.19. The number of carbonyl (C=O) groups excluding carboxylic acids is 1. The third kappa shape index (κ3) is 5.80. The normalized spacial score (nSPS) is 11.9. The van der Waals surface area contributed by atoms with Crippen molar-refractivity contribution >= 4 is 5.91 Å². The third-order valence-electron chi connectivity index (χ3n) is 4.00. The Morgan fingerprint density at radius 2 is 1.85 bits per heavy atom. The molecule has 0 fully saturated rings. The van der Waals surface area contributed by atoms with E-state index < -0.39 is 6.10 Å². The molecule has 1 N–H and O–H groups in total. The Morgan fingerprint density at radius 3 is 2.50 bits per heavy atom. The highest BCUT2D eigenvalue weighted by Gasteiger charge is 2.19. The number of hydrogen-bond donors (Lipinski definition) is 1. The van der Waals surface area contributed by atoms with Crippen molar-refractivity contribution in [2.24, 2.45) is 0 Å². The minimum atomic E-state index is -0.508. The van der Waals surface area contributed by atoms with Crippen molar-refractivity contribution in [3.63, 3.8) is 0 Å². The van der Waals surface area contributed by atoms with Crippen LogP contribution in [0, 0.1) is 13.8 Å². The van der Waals surface area contributed by atoms with Gasteiger partial charge in [-0.1, -0.05) is 36.8 Å². The van der Waals surface area contributed by atoms with Crippen molar-refractivity contribution in [3.05, 3.63) is 59.2 Å². The molecule has 26 heavy (non-hydrogen) atoms. The largest absolute Gasteiger partial charge is 0.491 e. The van der Waals surface area contributed by atoms with Crippen LogP contribution in [0.3, 0.4) is 0 Å². The lowest BCUT2D eigenvalue weighted by atomic mass is 10.1. The lowest BCUT2D eigenvalue weighted by molar-refractivity contribution is -0.128. The van der Waals surface area contributed by atoms with E-state index in [-0.39, 0.29) is 12.0 Å². The SMILES string of the molecule is CC[C@@H](Oc1ccc(C)cc1C)C(=O)NCc1cccc(OC(C)C)c1. The van der Waals surface area contributed by atoms with E-state index in [0.717, 1.165) is 22.6 Å². The molecule has 0 spiro atoms. The van der Waals surface area contributed by atoms with Crippen LogP contribution in [0.25, 0.3) is 0 Å². The van der Waals surface area contributed by atoms with E-state index in [4.69, 9.17) is 9.47 Å². The fourth-order valence-electron chi connectivity index (χ4n) is 2.71. The zero-order chi connectivity index (χ0) is 19.1. The summed E-state index contributed by atoms with van der Waals surface area (Å²) in [6.07, 6.45) is 0.220. The van der Waals surface area contributed by atoms with Gasteiger partial charge in [-0.3, -0.25) is 4.79 Å². The van der Waals surface area contributed by atoms with E-state index in [9.17, 15) is 4.79 Å². The molecule has 2 rings (SSSR count). The fourth-order valence-corrected chi connectivity index (χ4v) is 2.71. The second-order valence-corrected chi connectivity index (χ2v) is 6.82. The van der Waals surface area contributed by atoms with Gasteiger partial charge < -0.3 is 14.8 Å². The number of ether oxygens (including phenoxy) is 2. The summed E-state index contributed by atoms with van der Waals surface area (Å²) in [6, 6.07) is 13.7. The van der Waals surface area contributed by atoms with Gasteiger partial charge >= 0.3 is 0 Å². The summed E-state index contributed by atoms with van der Waals surface area (Å²) >= 11 is 0. The van der Waals surface area contributed by atoms with Gasteiger partial charge in [0.05, 0.1) is 6.10 Å². The molecule has 0 unspecified atom stereocenters. The molecule has 2 aromatic carbocycles. The topological polar surface area (TPSA) is 47.6 Å². The van der Waals surface area contributed by atoms with Gasteiger partial charge in [0, 0.05) is 6.54 Å². The Hall–Kier alpha value is -2.49. The van der Waals surface area contributed by atoms with Crippen LogP contribution in [0.1, 0.15) is 43.9 Å². The van der Waals surface area contributed by atoms with E-state index in [2.05, 4.69) is 11.4 Å². The van der Waals surface area contributed by atoms with E-state index in [0.29, 0.717) is 13.0 Å². The van der Waals surface area contributed by atoms with Crippen molar-refractivity contribution in [3.8, 4) is 11.5 Å². The van der Waals surface area contributed by atoms with Crippen LogP contribution < -0.4 is 14.8 Å². The quantitative estimate of drug-likeness (QED) is 0.755. The molecule has 2 aromatic rings. The summed E-state index contributed by atoms with van der Waals surface area (Å²) in [5, 5.41) is 2.96. The molecule has 0 saturated carbocycles. The van der Waals surface area contributed by atoms with Crippen LogP contribution >= 0.6 is 0 Å². The summed E-state index contributed by atoms with van der Waals surface area (Å²) in [4.78, 5) is 12.5. The molecule has 1 amide bonds. The van der Waals surface area contributed by atoms with E-state index in [1.807, 2.05) is 71.0 Å². The molecular weight excluding hydrogens is 326 g/mol. The molecule has 0 bridgehead atoms. The lowest BCUT2D eigenvalue weighted by Crippen LogP contribution is -2.37. The number of carbonyl (C=O) groups is 1. The molecule has 0 heterocycles. The predicted octanol–water partition coefficient (Wildman–Crippen LogP) is 4.56. The van der Waals surface area contributed by atoms with Crippen LogP contribution in [-0.4, -0.2) is 18.1 Å². The standard InChI is InChI=1S/C22H29NO3/c1-6-20(26-21-11-10-16(4)12-17(21)5)22(24)23-14-18-8-7-9-19(13-18)25-15(2)3/h7-13,15,20H,6,14H2,1-5H3,(H,23,24)/t20-/m1/s1. The predicted molar refractivity (Wildman–Crippen MR) is 105 cm³/mol. The van der Waals surface area contributed by atoms with Gasteiger partial charge in [-0.25, -0.2) is 0 Å². The second kappa shape index (κ2) is 9.27. The van der Waals surface area contributed by atoms with Gasteiger partial charge in [0.1, 0.15) is 11.5 Å². The molecule has 0 aliphatic carbocycles. The maximum atomic E-state index is 12.5. The Balaban J connectivity index is 1.96. The van der Waals surface area contributed by atoms with Gasteiger partial charge in [-0.2, -0.15) is 0 Å². The molecule has 1 atom stereocenters. The number of nitrogens with one attached hydrogen (secondary N) is 1. The highest BCUT2D eigenvalue weighted by atomic mass is 16.5. The number of rotatable bonds is 8. The second-order valence-electron chi connectivity index (χ2n) is 6.82. The summed E-state index contributed by atoms with van der Waals surface area (Å²) < 4.78 is 11.6. The molecule has 140 valence electrons. The van der Waals surface area contributed by atoms with Gasteiger partial charge in [-0.15, -0.1) is 0 Å². The van der Waals surface area contributed by atoms with Crippen molar-refractivity contribution in [1.29, 1.82) is 0 Å². The highest BCUT2D eigenvalue weighted by Crippen LogP contribution is 2.21. The summed E-state index contributed by atoms with van der Waals surface area (Å²) in [7, 11) is 0. The molecular formula is C22H29NO3. The van der Waals surface area contributed by atoms with Crippen molar-refractivity contribution in [2.45, 2.75) is 59.8 Å². The van der Waals surface area contributed by atoms with E-state index in [1.54, 1.807) is 0 Å². The zero-order valence-corrected chi connectivity index (χ0v) is 16.3. The summed E-state index contributed by atoms with van der Waals surface area (Å²) in [6.45, 7) is 10.4. The first-order valence-electron chi connectivity index (χ1n) is 9.16. The Kier molecular flexibility index (Phi) is 7.07. The average Bonchev–Trinajstić information content (AvgIpc) is 2.59. The van der Waals surface area contributed by atoms with Crippen molar-refractivity contribution < 1.29 is 14.3 Å². The average molecular weight is 355 g/mol. The number of hydrogen-bond acceptors (Lipinski definition) is 3. The molecule has 4 heteroatoms. The number of benzene rings is 2. The molecule has 4 nitrogen and oxygen atoms in total. The monoisotopic (exact) mass is 355 g/mol. The van der Waals surface area contributed by atoms with Gasteiger partial charge in [0.25, 0.3) is 5.91 Å². The maximum Gasteiger partial charge on any atom is 0.261 e. The van der Waals surface area contributed by atoms with E-state index >= 15 is 0 Å². The minimum absolute atomic E-state index is 0.109. The van der Waals surface area contributed by atoms with Crippen LogP contribution in [0.15, 0.2) is 42.5 Å². The van der Waals surface area contributed by atoms with Crippen LogP contribution in [0.4, 0.5) is 0 Å². The minimum Gasteiger partial charge on any atom is -0.491 e. The zero-order valence-electron chi connectivity index (χ0n) is 16.3. The summed E-state index contributed by atoms with van der Waals surface area (Å²) in [5.41, 5.74) is 3.21. The Labute approximate surface area is 156 Å².